The van der Waals surface area contributed by atoms with Crippen LogP contribution in [0.5, 0.6) is 0 Å². The number of carbonyl (C=O) groups is 1. The zero-order chi connectivity index (χ0) is 13.4. The quantitative estimate of drug-likeness (QED) is 0.871. The number of rotatable bonds is 2. The monoisotopic (exact) mass is 260 g/mol. The molecule has 94 valence electrons. The van der Waals surface area contributed by atoms with Crippen molar-refractivity contribution in [2.75, 3.05) is 0 Å². The van der Waals surface area contributed by atoms with Crippen molar-refractivity contribution in [2.24, 2.45) is 0 Å². The molecular formula is C15H16O2S. The minimum absolute atomic E-state index is 0.399. The van der Waals surface area contributed by atoms with Crippen LogP contribution in [-0.2, 0) is 0 Å². The molecule has 0 bridgehead atoms. The molecule has 0 unspecified atom stereocenters. The molecule has 1 aromatic carbocycles. The highest BCUT2D eigenvalue weighted by molar-refractivity contribution is 7.08. The molecule has 0 radical (unpaired) electrons. The van der Waals surface area contributed by atoms with E-state index < -0.39 is 5.97 Å². The minimum Gasteiger partial charge on any atom is -0.478 e. The third-order valence-corrected chi connectivity index (χ3v) is 4.27. The van der Waals surface area contributed by atoms with Crippen molar-refractivity contribution in [2.45, 2.75) is 27.7 Å². The van der Waals surface area contributed by atoms with Gasteiger partial charge < -0.3 is 5.11 Å². The number of hydrogen-bond acceptors (Lipinski definition) is 2. The zero-order valence-corrected chi connectivity index (χ0v) is 11.8. The summed E-state index contributed by atoms with van der Waals surface area (Å²) in [4.78, 5) is 11.3. The van der Waals surface area contributed by atoms with Gasteiger partial charge in [-0.25, -0.2) is 4.79 Å². The fourth-order valence-corrected chi connectivity index (χ4v) is 3.09. The van der Waals surface area contributed by atoms with E-state index in [1.54, 1.807) is 5.38 Å². The molecule has 0 aliphatic rings. The first-order valence-electron chi connectivity index (χ1n) is 5.80. The predicted octanol–water partition coefficient (Wildman–Crippen LogP) is 4.35. The Morgan fingerprint density at radius 2 is 1.61 bits per heavy atom. The Balaban J connectivity index is 2.79. The SMILES string of the molecule is Cc1cc(C)c(C)c(-c2cscc2C(=O)O)c1C. The number of hydrogen-bond donors (Lipinski definition) is 1. The van der Waals surface area contributed by atoms with E-state index in [4.69, 9.17) is 0 Å². The largest absolute Gasteiger partial charge is 0.478 e. The fraction of sp³-hybridized carbons (Fsp3) is 0.267. The van der Waals surface area contributed by atoms with Gasteiger partial charge in [-0.05, 0) is 60.9 Å². The first-order valence-corrected chi connectivity index (χ1v) is 6.75. The van der Waals surface area contributed by atoms with Crippen molar-refractivity contribution < 1.29 is 9.90 Å². The van der Waals surface area contributed by atoms with E-state index in [2.05, 4.69) is 33.8 Å². The molecule has 2 rings (SSSR count). The molecule has 0 saturated heterocycles. The highest BCUT2D eigenvalue weighted by atomic mass is 32.1. The lowest BCUT2D eigenvalue weighted by atomic mass is 9.89. The van der Waals surface area contributed by atoms with Crippen molar-refractivity contribution in [3.8, 4) is 11.1 Å². The molecule has 3 heteroatoms. The molecule has 18 heavy (non-hydrogen) atoms. The Kier molecular flexibility index (Phi) is 3.26. The van der Waals surface area contributed by atoms with Crippen LogP contribution in [0.1, 0.15) is 32.6 Å². The van der Waals surface area contributed by atoms with Crippen molar-refractivity contribution in [1.29, 1.82) is 0 Å². The summed E-state index contributed by atoms with van der Waals surface area (Å²) in [6, 6.07) is 2.15. The first kappa shape index (κ1) is 12.8. The molecule has 0 aliphatic carbocycles. The molecule has 0 fully saturated rings. The number of carboxylic acid groups (broad SMARTS) is 1. The summed E-state index contributed by atoms with van der Waals surface area (Å²) in [5, 5.41) is 12.9. The highest BCUT2D eigenvalue weighted by Crippen LogP contribution is 2.35. The van der Waals surface area contributed by atoms with Gasteiger partial charge in [0.15, 0.2) is 0 Å². The first-order chi connectivity index (χ1) is 8.43. The molecule has 2 aromatic rings. The minimum atomic E-state index is -0.857. The van der Waals surface area contributed by atoms with Crippen LogP contribution in [0.25, 0.3) is 11.1 Å². The lowest BCUT2D eigenvalue weighted by molar-refractivity contribution is 0.0698. The number of benzene rings is 1. The van der Waals surface area contributed by atoms with Gasteiger partial charge in [0.05, 0.1) is 5.56 Å². The van der Waals surface area contributed by atoms with Gasteiger partial charge in [-0.3, -0.25) is 0 Å². The molecule has 2 nitrogen and oxygen atoms in total. The summed E-state index contributed by atoms with van der Waals surface area (Å²) >= 11 is 1.44. The van der Waals surface area contributed by atoms with Crippen LogP contribution in [-0.4, -0.2) is 11.1 Å². The van der Waals surface area contributed by atoms with E-state index in [0.717, 1.165) is 11.1 Å². The van der Waals surface area contributed by atoms with Crippen LogP contribution in [0.2, 0.25) is 0 Å². The molecule has 1 heterocycles. The third kappa shape index (κ3) is 1.95. The van der Waals surface area contributed by atoms with Crippen LogP contribution in [0.3, 0.4) is 0 Å². The Hall–Kier alpha value is -1.61. The normalized spacial score (nSPS) is 10.7. The number of thiophene rings is 1. The van der Waals surface area contributed by atoms with Gasteiger partial charge in [0.1, 0.15) is 0 Å². The van der Waals surface area contributed by atoms with Crippen LogP contribution < -0.4 is 0 Å². The van der Waals surface area contributed by atoms with Gasteiger partial charge in [-0.1, -0.05) is 6.07 Å². The summed E-state index contributed by atoms with van der Waals surface area (Å²) in [6.45, 7) is 8.25. The van der Waals surface area contributed by atoms with E-state index >= 15 is 0 Å². The van der Waals surface area contributed by atoms with Crippen LogP contribution >= 0.6 is 11.3 Å². The zero-order valence-electron chi connectivity index (χ0n) is 11.0. The molecule has 0 saturated carbocycles. The van der Waals surface area contributed by atoms with Crippen molar-refractivity contribution >= 4 is 17.3 Å². The van der Waals surface area contributed by atoms with E-state index in [0.29, 0.717) is 5.56 Å². The van der Waals surface area contributed by atoms with Gasteiger partial charge in [0, 0.05) is 10.9 Å². The summed E-state index contributed by atoms with van der Waals surface area (Å²) < 4.78 is 0. The van der Waals surface area contributed by atoms with Gasteiger partial charge >= 0.3 is 5.97 Å². The Morgan fingerprint density at radius 1 is 1.06 bits per heavy atom. The molecule has 0 aliphatic heterocycles. The molecule has 0 spiro atoms. The standard InChI is InChI=1S/C15H16O2S/c1-8-5-9(2)11(4)14(10(8)3)12-6-18-7-13(12)15(16)17/h5-7H,1-4H3,(H,16,17). The molecular weight excluding hydrogens is 244 g/mol. The number of carboxylic acids is 1. The van der Waals surface area contributed by atoms with Gasteiger partial charge in [-0.2, -0.15) is 11.3 Å². The molecule has 1 N–H and O–H groups in total. The van der Waals surface area contributed by atoms with Crippen molar-refractivity contribution in [1.82, 2.24) is 0 Å². The number of aromatic carboxylic acids is 1. The third-order valence-electron chi connectivity index (χ3n) is 3.53. The summed E-state index contributed by atoms with van der Waals surface area (Å²) in [5.41, 5.74) is 7.06. The second kappa shape index (κ2) is 4.58. The van der Waals surface area contributed by atoms with E-state index in [1.165, 1.54) is 33.6 Å². The fourth-order valence-electron chi connectivity index (χ4n) is 2.28. The van der Waals surface area contributed by atoms with E-state index in [-0.39, 0.29) is 0 Å². The van der Waals surface area contributed by atoms with Crippen molar-refractivity contribution in [3.63, 3.8) is 0 Å². The Bertz CT molecular complexity index is 597. The second-order valence-corrected chi connectivity index (χ2v) is 5.38. The maximum Gasteiger partial charge on any atom is 0.337 e. The molecule has 0 amide bonds. The second-order valence-electron chi connectivity index (χ2n) is 4.64. The summed E-state index contributed by atoms with van der Waals surface area (Å²) in [5.74, 6) is -0.857. The van der Waals surface area contributed by atoms with Crippen LogP contribution in [0.15, 0.2) is 16.8 Å². The Labute approximate surface area is 111 Å². The van der Waals surface area contributed by atoms with Gasteiger partial charge in [0.25, 0.3) is 0 Å². The predicted molar refractivity (Wildman–Crippen MR) is 75.7 cm³/mol. The van der Waals surface area contributed by atoms with E-state index in [9.17, 15) is 9.90 Å². The van der Waals surface area contributed by atoms with Gasteiger partial charge in [-0.15, -0.1) is 0 Å². The highest BCUT2D eigenvalue weighted by Gasteiger charge is 2.18. The number of aryl methyl sites for hydroxylation is 2. The molecule has 1 aromatic heterocycles. The molecule has 0 atom stereocenters. The smallest absolute Gasteiger partial charge is 0.337 e. The van der Waals surface area contributed by atoms with Crippen molar-refractivity contribution in [3.05, 3.63) is 44.6 Å². The summed E-state index contributed by atoms with van der Waals surface area (Å²) in [7, 11) is 0. The average molecular weight is 260 g/mol. The Morgan fingerprint density at radius 3 is 2.11 bits per heavy atom. The lowest BCUT2D eigenvalue weighted by Gasteiger charge is -2.15. The van der Waals surface area contributed by atoms with E-state index in [1.807, 2.05) is 5.38 Å². The topological polar surface area (TPSA) is 37.3 Å². The average Bonchev–Trinajstić information content (AvgIpc) is 2.76. The lowest BCUT2D eigenvalue weighted by Crippen LogP contribution is -2.00. The van der Waals surface area contributed by atoms with Crippen LogP contribution in [0, 0.1) is 27.7 Å². The maximum atomic E-state index is 11.3. The van der Waals surface area contributed by atoms with Gasteiger partial charge in [0.2, 0.25) is 0 Å². The van der Waals surface area contributed by atoms with Crippen LogP contribution in [0.4, 0.5) is 0 Å². The maximum absolute atomic E-state index is 11.3. The summed E-state index contributed by atoms with van der Waals surface area (Å²) in [6.07, 6.45) is 0.